The average Bonchev–Trinajstić information content (AvgIpc) is 2.64. The van der Waals surface area contributed by atoms with Gasteiger partial charge in [-0.15, -0.1) is 0 Å². The molecule has 0 aromatic heterocycles. The zero-order valence-electron chi connectivity index (χ0n) is 17.2. The van der Waals surface area contributed by atoms with Gasteiger partial charge in [0.2, 0.25) is 0 Å². The van der Waals surface area contributed by atoms with E-state index in [1.54, 1.807) is 24.1 Å². The maximum absolute atomic E-state index is 12.5. The van der Waals surface area contributed by atoms with Gasteiger partial charge in [-0.05, 0) is 57.7 Å². The third-order valence-corrected chi connectivity index (χ3v) is 4.97. The number of aliphatic hydroxyl groups is 1. The lowest BCUT2D eigenvalue weighted by Crippen LogP contribution is -2.55. The smallest absolute Gasteiger partial charge is 0.410 e. The van der Waals surface area contributed by atoms with E-state index in [0.29, 0.717) is 36.8 Å². The van der Waals surface area contributed by atoms with Gasteiger partial charge in [-0.1, -0.05) is 23.7 Å². The van der Waals surface area contributed by atoms with Crippen LogP contribution in [-0.2, 0) is 19.8 Å². The lowest BCUT2D eigenvalue weighted by atomic mass is 9.82. The summed E-state index contributed by atoms with van der Waals surface area (Å²) < 4.78 is 16.5. The lowest BCUT2D eigenvalue weighted by molar-refractivity contribution is -0.150. The molecule has 0 spiro atoms. The molecule has 1 aliphatic heterocycles. The highest BCUT2D eigenvalue weighted by molar-refractivity contribution is 6.30. The summed E-state index contributed by atoms with van der Waals surface area (Å²) >= 11 is 6.17. The second kappa shape index (κ2) is 9.92. The number of morpholine rings is 1. The van der Waals surface area contributed by atoms with Crippen LogP contribution in [0.3, 0.4) is 0 Å². The number of ether oxygens (including phenoxy) is 3. The molecule has 1 fully saturated rings. The Morgan fingerprint density at radius 3 is 2.75 bits per heavy atom. The van der Waals surface area contributed by atoms with Gasteiger partial charge in [0.05, 0.1) is 13.2 Å². The summed E-state index contributed by atoms with van der Waals surface area (Å²) in [5.41, 5.74) is -1.15. The number of rotatable bonds is 7. The number of hydrogen-bond acceptors (Lipinski definition) is 5. The van der Waals surface area contributed by atoms with Crippen molar-refractivity contribution in [3.8, 4) is 0 Å². The highest BCUT2D eigenvalue weighted by Gasteiger charge is 2.43. The molecule has 2 rings (SSSR count). The summed E-state index contributed by atoms with van der Waals surface area (Å²) in [7, 11) is 1.66. The fourth-order valence-electron chi connectivity index (χ4n) is 3.32. The number of benzene rings is 1. The molecule has 1 aliphatic rings. The van der Waals surface area contributed by atoms with E-state index >= 15 is 0 Å². The van der Waals surface area contributed by atoms with Gasteiger partial charge in [0.25, 0.3) is 0 Å². The molecule has 0 radical (unpaired) electrons. The monoisotopic (exact) mass is 413 g/mol. The average molecular weight is 414 g/mol. The van der Waals surface area contributed by atoms with Crippen LogP contribution >= 0.6 is 11.6 Å². The number of unbranched alkanes of at least 4 members (excludes halogenated alkanes) is 1. The van der Waals surface area contributed by atoms with E-state index in [1.165, 1.54) is 0 Å². The van der Waals surface area contributed by atoms with E-state index in [2.05, 4.69) is 0 Å². The second-order valence-electron chi connectivity index (χ2n) is 8.17. The van der Waals surface area contributed by atoms with E-state index in [0.717, 1.165) is 12.8 Å². The van der Waals surface area contributed by atoms with Gasteiger partial charge in [-0.3, -0.25) is 0 Å². The number of carbonyl (C=O) groups excluding carboxylic acids is 1. The molecule has 0 bridgehead atoms. The van der Waals surface area contributed by atoms with Gasteiger partial charge in [-0.2, -0.15) is 0 Å². The van der Waals surface area contributed by atoms with E-state index < -0.39 is 23.4 Å². The van der Waals surface area contributed by atoms with Crippen LogP contribution in [0, 0.1) is 0 Å². The molecule has 2 atom stereocenters. The normalized spacial score (nSPS) is 19.9. The van der Waals surface area contributed by atoms with E-state index in [-0.39, 0.29) is 6.54 Å². The van der Waals surface area contributed by atoms with E-state index in [4.69, 9.17) is 25.8 Å². The predicted octanol–water partition coefficient (Wildman–Crippen LogP) is 3.98. The predicted molar refractivity (Wildman–Crippen MR) is 109 cm³/mol. The molecule has 1 aromatic rings. The molecule has 6 nitrogen and oxygen atoms in total. The Hall–Kier alpha value is -1.34. The van der Waals surface area contributed by atoms with Crippen molar-refractivity contribution in [1.82, 2.24) is 4.90 Å². The topological polar surface area (TPSA) is 68.2 Å². The van der Waals surface area contributed by atoms with Gasteiger partial charge >= 0.3 is 6.09 Å². The Morgan fingerprint density at radius 2 is 2.11 bits per heavy atom. The second-order valence-corrected chi connectivity index (χ2v) is 8.61. The van der Waals surface area contributed by atoms with Crippen molar-refractivity contribution < 1.29 is 24.1 Å². The fraction of sp³-hybridized carbons (Fsp3) is 0.667. The molecule has 1 N–H and O–H groups in total. The molecule has 158 valence electrons. The molecule has 7 heteroatoms. The molecular weight excluding hydrogens is 382 g/mol. The molecule has 1 saturated heterocycles. The quantitative estimate of drug-likeness (QED) is 0.685. The first-order chi connectivity index (χ1) is 13.2. The molecule has 1 heterocycles. The van der Waals surface area contributed by atoms with Crippen LogP contribution < -0.4 is 0 Å². The van der Waals surface area contributed by atoms with Crippen LogP contribution in [0.4, 0.5) is 4.79 Å². The summed E-state index contributed by atoms with van der Waals surface area (Å²) in [6.45, 7) is 7.15. The van der Waals surface area contributed by atoms with Crippen molar-refractivity contribution in [2.75, 3.05) is 33.4 Å². The van der Waals surface area contributed by atoms with Gasteiger partial charge in [0, 0.05) is 25.3 Å². The van der Waals surface area contributed by atoms with Gasteiger partial charge in [0.15, 0.2) is 0 Å². The number of methoxy groups -OCH3 is 1. The molecule has 0 saturated carbocycles. The van der Waals surface area contributed by atoms with Crippen LogP contribution in [-0.4, -0.2) is 61.2 Å². The summed E-state index contributed by atoms with van der Waals surface area (Å²) in [6, 6.07) is 7.18. The molecule has 1 aromatic carbocycles. The minimum Gasteiger partial charge on any atom is -0.444 e. The first-order valence-corrected chi connectivity index (χ1v) is 10.1. The van der Waals surface area contributed by atoms with Gasteiger partial charge in [-0.25, -0.2) is 4.79 Å². The zero-order chi connectivity index (χ0) is 20.8. The SMILES string of the molecule is COCCCCC(O)(c1cccc(Cl)c1)C1CN(C(=O)OC(C)(C)C)CCO1. The zero-order valence-corrected chi connectivity index (χ0v) is 18.0. The number of halogens is 1. The van der Waals surface area contributed by atoms with Crippen LogP contribution in [0.2, 0.25) is 5.02 Å². The highest BCUT2D eigenvalue weighted by Crippen LogP contribution is 2.35. The summed E-state index contributed by atoms with van der Waals surface area (Å²) in [5.74, 6) is 0. The third kappa shape index (κ3) is 6.34. The molecule has 2 unspecified atom stereocenters. The largest absolute Gasteiger partial charge is 0.444 e. The standard InChI is InChI=1S/C21H32ClNO5/c1-20(2,3)28-19(24)23-11-13-27-18(15-23)21(25,10-5-6-12-26-4)16-8-7-9-17(22)14-16/h7-9,14,18,25H,5-6,10-13,15H2,1-4H3. The van der Waals surface area contributed by atoms with Gasteiger partial charge in [0.1, 0.15) is 17.3 Å². The van der Waals surface area contributed by atoms with Gasteiger partial charge < -0.3 is 24.2 Å². The lowest BCUT2D eigenvalue weighted by Gasteiger charge is -2.42. The third-order valence-electron chi connectivity index (χ3n) is 4.73. The Kier molecular flexibility index (Phi) is 8.13. The maximum atomic E-state index is 12.5. The van der Waals surface area contributed by atoms with Crippen molar-refractivity contribution >= 4 is 17.7 Å². The summed E-state index contributed by atoms with van der Waals surface area (Å²) in [4.78, 5) is 14.1. The van der Waals surface area contributed by atoms with E-state index in [1.807, 2.05) is 32.9 Å². The minimum absolute atomic E-state index is 0.252. The first-order valence-electron chi connectivity index (χ1n) is 9.72. The molecular formula is C21H32ClNO5. The van der Waals surface area contributed by atoms with Crippen LogP contribution in [0.25, 0.3) is 0 Å². The van der Waals surface area contributed by atoms with Crippen molar-refractivity contribution in [2.24, 2.45) is 0 Å². The Morgan fingerprint density at radius 1 is 1.36 bits per heavy atom. The Balaban J connectivity index is 2.20. The minimum atomic E-state index is -1.26. The van der Waals surface area contributed by atoms with Crippen molar-refractivity contribution in [2.45, 2.75) is 57.3 Å². The summed E-state index contributed by atoms with van der Waals surface area (Å²) in [6.07, 6.45) is 1.08. The van der Waals surface area contributed by atoms with E-state index in [9.17, 15) is 9.90 Å². The molecule has 28 heavy (non-hydrogen) atoms. The van der Waals surface area contributed by atoms with Crippen LogP contribution in [0.5, 0.6) is 0 Å². The number of carbonyl (C=O) groups is 1. The van der Waals surface area contributed by atoms with Crippen molar-refractivity contribution in [3.05, 3.63) is 34.9 Å². The first kappa shape index (κ1) is 22.9. The maximum Gasteiger partial charge on any atom is 0.410 e. The number of amides is 1. The fourth-order valence-corrected chi connectivity index (χ4v) is 3.51. The van der Waals surface area contributed by atoms with Crippen molar-refractivity contribution in [1.29, 1.82) is 0 Å². The van der Waals surface area contributed by atoms with Crippen molar-refractivity contribution in [3.63, 3.8) is 0 Å². The Labute approximate surface area is 172 Å². The summed E-state index contributed by atoms with van der Waals surface area (Å²) in [5, 5.41) is 12.2. The number of hydrogen-bond donors (Lipinski definition) is 1. The number of nitrogens with zero attached hydrogens (tertiary/aromatic N) is 1. The highest BCUT2D eigenvalue weighted by atomic mass is 35.5. The van der Waals surface area contributed by atoms with Crippen LogP contribution in [0.1, 0.15) is 45.6 Å². The Bertz CT molecular complexity index is 648. The molecule has 0 aliphatic carbocycles. The van der Waals surface area contributed by atoms with Crippen LogP contribution in [0.15, 0.2) is 24.3 Å². The molecule has 1 amide bonds.